The predicted molar refractivity (Wildman–Crippen MR) is 39.5 cm³/mol. The maximum atomic E-state index is 10.3. The van der Waals surface area contributed by atoms with Gasteiger partial charge in [0.2, 0.25) is 0 Å². The molecule has 0 saturated heterocycles. The SMILES string of the molecule is CC(=O)OCC[N+](C)(C)C.[Cl-]. The fraction of sp³-hybridized carbons (Fsp3) is 0.857. The molecule has 0 N–H and O–H groups in total. The van der Waals surface area contributed by atoms with E-state index in [1.807, 2.05) is 0 Å². The summed E-state index contributed by atoms with van der Waals surface area (Å²) in [5.74, 6) is -0.201. The van der Waals surface area contributed by atoms with Crippen molar-refractivity contribution in [2.75, 3.05) is 34.3 Å². The van der Waals surface area contributed by atoms with Gasteiger partial charge in [-0.25, -0.2) is 0 Å². The van der Waals surface area contributed by atoms with Crippen molar-refractivity contribution in [1.29, 1.82) is 0 Å². The highest BCUT2D eigenvalue weighted by Crippen LogP contribution is 1.88. The minimum Gasteiger partial charge on any atom is -1.00 e. The highest BCUT2D eigenvalue weighted by atomic mass is 35.5. The van der Waals surface area contributed by atoms with E-state index in [2.05, 4.69) is 21.1 Å². The van der Waals surface area contributed by atoms with Crippen LogP contribution in [0.5, 0.6) is 0 Å². The molecule has 0 amide bonds. The highest BCUT2D eigenvalue weighted by Gasteiger charge is 2.06. The Kier molecular flexibility index (Phi) is 6.52. The normalized spacial score (nSPS) is 10.2. The molecule has 0 rings (SSSR count). The summed E-state index contributed by atoms with van der Waals surface area (Å²) in [4.78, 5) is 10.3. The number of esters is 1. The molecule has 68 valence electrons. The number of halogens is 1. The number of carbonyl (C=O) groups excluding carboxylic acids is 1. The summed E-state index contributed by atoms with van der Waals surface area (Å²) in [6.45, 7) is 2.80. The zero-order valence-electron chi connectivity index (χ0n) is 7.56. The summed E-state index contributed by atoms with van der Waals surface area (Å²) in [5.41, 5.74) is 0. The van der Waals surface area contributed by atoms with Gasteiger partial charge in [0, 0.05) is 6.92 Å². The third-order valence-electron chi connectivity index (χ3n) is 1.07. The van der Waals surface area contributed by atoms with Crippen LogP contribution in [0.3, 0.4) is 0 Å². The molecule has 0 bridgehead atoms. The van der Waals surface area contributed by atoms with E-state index in [1.54, 1.807) is 0 Å². The Morgan fingerprint density at radius 3 is 2.09 bits per heavy atom. The van der Waals surface area contributed by atoms with Gasteiger partial charge in [-0.2, -0.15) is 0 Å². The molecule has 0 unspecified atom stereocenters. The Morgan fingerprint density at radius 2 is 1.82 bits per heavy atom. The van der Waals surface area contributed by atoms with Crippen molar-refractivity contribution in [1.82, 2.24) is 0 Å². The van der Waals surface area contributed by atoms with Gasteiger partial charge in [-0.05, 0) is 0 Å². The van der Waals surface area contributed by atoms with E-state index in [-0.39, 0.29) is 18.4 Å². The molecule has 0 aromatic heterocycles. The molecule has 0 atom stereocenters. The van der Waals surface area contributed by atoms with Gasteiger partial charge in [0.25, 0.3) is 0 Å². The largest absolute Gasteiger partial charge is 1.00 e. The van der Waals surface area contributed by atoms with Crippen molar-refractivity contribution in [2.24, 2.45) is 0 Å². The fourth-order valence-electron chi connectivity index (χ4n) is 0.463. The first-order valence-corrected chi connectivity index (χ1v) is 3.35. The maximum Gasteiger partial charge on any atom is 0.302 e. The minimum absolute atomic E-state index is 0. The molecule has 0 aromatic rings. The zero-order chi connectivity index (χ0) is 8.20. The number of hydrogen-bond donors (Lipinski definition) is 0. The summed E-state index contributed by atoms with van der Waals surface area (Å²) >= 11 is 0. The van der Waals surface area contributed by atoms with Crippen molar-refractivity contribution >= 4 is 5.97 Å². The number of quaternary nitrogens is 1. The van der Waals surface area contributed by atoms with Gasteiger partial charge in [-0.3, -0.25) is 4.79 Å². The zero-order valence-corrected chi connectivity index (χ0v) is 8.31. The van der Waals surface area contributed by atoms with Gasteiger partial charge in [0.1, 0.15) is 13.2 Å². The summed E-state index contributed by atoms with van der Waals surface area (Å²) in [6.07, 6.45) is 0. The minimum atomic E-state index is -0.201. The number of rotatable bonds is 3. The van der Waals surface area contributed by atoms with Crippen LogP contribution in [0.15, 0.2) is 0 Å². The van der Waals surface area contributed by atoms with Crippen molar-refractivity contribution in [3.05, 3.63) is 0 Å². The summed E-state index contributed by atoms with van der Waals surface area (Å²) in [5, 5.41) is 0. The molecule has 3 nitrogen and oxygen atoms in total. The first-order chi connectivity index (χ1) is 4.42. The molecule has 0 aliphatic carbocycles. The van der Waals surface area contributed by atoms with Crippen molar-refractivity contribution in [2.45, 2.75) is 6.92 Å². The van der Waals surface area contributed by atoms with Crippen LogP contribution >= 0.6 is 0 Å². The maximum absolute atomic E-state index is 10.3. The van der Waals surface area contributed by atoms with Gasteiger partial charge >= 0.3 is 5.97 Å². The summed E-state index contributed by atoms with van der Waals surface area (Å²) in [6, 6.07) is 0. The summed E-state index contributed by atoms with van der Waals surface area (Å²) in [7, 11) is 6.18. The lowest BCUT2D eigenvalue weighted by molar-refractivity contribution is -0.870. The Balaban J connectivity index is 0. The van der Waals surface area contributed by atoms with Crippen LogP contribution in [0.4, 0.5) is 0 Å². The number of ether oxygens (including phenoxy) is 1. The standard InChI is InChI=1S/C7H16NO2.ClH/c1-7(9)10-6-5-8(2,3)4;/h5-6H2,1-4H3;1H/q+1;/p-1. The van der Waals surface area contributed by atoms with Crippen molar-refractivity contribution in [3.63, 3.8) is 0 Å². The van der Waals surface area contributed by atoms with E-state index in [0.717, 1.165) is 11.0 Å². The molecule has 0 radical (unpaired) electrons. The lowest BCUT2D eigenvalue weighted by Crippen LogP contribution is -3.00. The van der Waals surface area contributed by atoms with E-state index in [4.69, 9.17) is 4.74 Å². The van der Waals surface area contributed by atoms with Crippen LogP contribution in [-0.2, 0) is 9.53 Å². The average Bonchev–Trinajstić information content (AvgIpc) is 1.59. The van der Waals surface area contributed by atoms with E-state index in [9.17, 15) is 4.79 Å². The lowest BCUT2D eigenvalue weighted by atomic mass is 10.5. The van der Waals surface area contributed by atoms with E-state index >= 15 is 0 Å². The second-order valence-electron chi connectivity index (χ2n) is 3.35. The van der Waals surface area contributed by atoms with Crippen LogP contribution < -0.4 is 12.4 Å². The number of carbonyl (C=O) groups is 1. The van der Waals surface area contributed by atoms with E-state index < -0.39 is 0 Å². The summed E-state index contributed by atoms with van der Waals surface area (Å²) < 4.78 is 5.59. The van der Waals surface area contributed by atoms with Gasteiger partial charge in [0.15, 0.2) is 0 Å². The smallest absolute Gasteiger partial charge is 0.302 e. The molecule has 0 fully saturated rings. The number of nitrogens with zero attached hydrogens (tertiary/aromatic N) is 1. The second kappa shape index (κ2) is 5.38. The average molecular weight is 182 g/mol. The van der Waals surface area contributed by atoms with Gasteiger partial charge in [-0.15, -0.1) is 0 Å². The van der Waals surface area contributed by atoms with Gasteiger partial charge in [0.05, 0.1) is 21.1 Å². The third-order valence-corrected chi connectivity index (χ3v) is 1.07. The third kappa shape index (κ3) is 12.8. The van der Waals surface area contributed by atoms with Crippen LogP contribution in [0, 0.1) is 0 Å². The molecule has 4 heteroatoms. The molecule has 0 saturated carbocycles. The van der Waals surface area contributed by atoms with Crippen LogP contribution in [0.25, 0.3) is 0 Å². The topological polar surface area (TPSA) is 26.3 Å². The number of hydrogen-bond acceptors (Lipinski definition) is 2. The van der Waals surface area contributed by atoms with Crippen LogP contribution in [0.1, 0.15) is 6.92 Å². The monoisotopic (exact) mass is 181 g/mol. The Hall–Kier alpha value is -0.280. The lowest BCUT2D eigenvalue weighted by Gasteiger charge is -2.23. The Bertz CT molecular complexity index is 120. The van der Waals surface area contributed by atoms with Crippen molar-refractivity contribution < 1.29 is 26.4 Å². The quantitative estimate of drug-likeness (QED) is 0.349. The van der Waals surface area contributed by atoms with E-state index in [1.165, 1.54) is 6.92 Å². The molecule has 0 aliphatic heterocycles. The van der Waals surface area contributed by atoms with Crippen LogP contribution in [-0.4, -0.2) is 44.7 Å². The Morgan fingerprint density at radius 1 is 1.36 bits per heavy atom. The first kappa shape index (κ1) is 13.3. The molecule has 0 spiro atoms. The predicted octanol–water partition coefficient (Wildman–Crippen LogP) is -2.74. The Labute approximate surface area is 74.3 Å². The molecule has 0 aliphatic rings. The van der Waals surface area contributed by atoms with Gasteiger partial charge < -0.3 is 21.6 Å². The molecule has 0 heterocycles. The molecular formula is C7H16ClNO2. The second-order valence-corrected chi connectivity index (χ2v) is 3.35. The molecule has 11 heavy (non-hydrogen) atoms. The van der Waals surface area contributed by atoms with Gasteiger partial charge in [-0.1, -0.05) is 0 Å². The number of likely N-dealkylation sites (N-methyl/N-ethyl adjacent to an activating group) is 1. The first-order valence-electron chi connectivity index (χ1n) is 3.35. The van der Waals surface area contributed by atoms with Crippen molar-refractivity contribution in [3.8, 4) is 0 Å². The highest BCUT2D eigenvalue weighted by molar-refractivity contribution is 5.65. The fourth-order valence-corrected chi connectivity index (χ4v) is 0.463. The van der Waals surface area contributed by atoms with E-state index in [0.29, 0.717) is 6.61 Å². The van der Waals surface area contributed by atoms with Crippen LogP contribution in [0.2, 0.25) is 0 Å². The molecular weight excluding hydrogens is 166 g/mol. The molecule has 0 aromatic carbocycles.